The number of hydrogen-bond acceptors (Lipinski definition) is 3. The van der Waals surface area contributed by atoms with Crippen molar-refractivity contribution in [2.24, 2.45) is 0 Å². The first-order chi connectivity index (χ1) is 4.91. The molecule has 0 unspecified atom stereocenters. The maximum Gasteiger partial charge on any atom is 0.0455 e. The van der Waals surface area contributed by atoms with Gasteiger partial charge in [-0.15, -0.1) is 0 Å². The summed E-state index contributed by atoms with van der Waals surface area (Å²) in [6, 6.07) is 0. The van der Waals surface area contributed by atoms with E-state index in [1.165, 1.54) is 0 Å². The Morgan fingerprint density at radius 1 is 1.10 bits per heavy atom. The predicted molar refractivity (Wildman–Crippen MR) is 45.1 cm³/mol. The Morgan fingerprint density at radius 2 is 1.60 bits per heavy atom. The van der Waals surface area contributed by atoms with Crippen LogP contribution in [-0.4, -0.2) is 32.8 Å². The van der Waals surface area contributed by atoms with E-state index in [-0.39, 0.29) is 0 Å². The van der Waals surface area contributed by atoms with Crippen LogP contribution in [0, 0.1) is 0 Å². The molecule has 0 saturated carbocycles. The Balaban J connectivity index is 0.000000162. The van der Waals surface area contributed by atoms with E-state index in [0.717, 1.165) is 32.8 Å². The highest BCUT2D eigenvalue weighted by atomic mass is 15.1. The van der Waals surface area contributed by atoms with E-state index in [1.54, 1.807) is 0 Å². The van der Waals surface area contributed by atoms with Crippen molar-refractivity contribution in [1.82, 2.24) is 16.0 Å². The van der Waals surface area contributed by atoms with Gasteiger partial charge in [0.05, 0.1) is 0 Å². The van der Waals surface area contributed by atoms with Crippen molar-refractivity contribution in [3.05, 3.63) is 0 Å². The molecule has 1 aliphatic heterocycles. The van der Waals surface area contributed by atoms with Crippen molar-refractivity contribution in [2.75, 3.05) is 32.8 Å². The summed E-state index contributed by atoms with van der Waals surface area (Å²) in [4.78, 5) is 0. The lowest BCUT2D eigenvalue weighted by molar-refractivity contribution is 0.762. The maximum absolute atomic E-state index is 3.11. The van der Waals surface area contributed by atoms with Crippen molar-refractivity contribution < 1.29 is 0 Å². The maximum atomic E-state index is 3.11. The molecular formula is C7H19N3. The molecule has 1 rings (SSSR count). The van der Waals surface area contributed by atoms with E-state index >= 15 is 0 Å². The summed E-state index contributed by atoms with van der Waals surface area (Å²) in [6.45, 7) is 9.67. The lowest BCUT2D eigenvalue weighted by Gasteiger charge is -1.86. The predicted octanol–water partition coefficient (Wildman–Crippen LogP) is -0.247. The second-order valence-electron chi connectivity index (χ2n) is 2.13. The van der Waals surface area contributed by atoms with Crippen LogP contribution in [0.2, 0.25) is 0 Å². The average molecular weight is 145 g/mol. The number of nitrogens with one attached hydrogen (secondary N) is 3. The van der Waals surface area contributed by atoms with Crippen molar-refractivity contribution in [1.29, 1.82) is 0 Å². The molecule has 0 aromatic rings. The summed E-state index contributed by atoms with van der Waals surface area (Å²) in [6.07, 6.45) is 0. The Kier molecular flexibility index (Phi) is 8.77. The molecule has 3 nitrogen and oxygen atoms in total. The second-order valence-corrected chi connectivity index (χ2v) is 2.13. The SMILES string of the molecule is C1CNCN1.CCNCC. The van der Waals surface area contributed by atoms with Gasteiger partial charge in [-0.2, -0.15) is 0 Å². The molecule has 0 atom stereocenters. The van der Waals surface area contributed by atoms with Gasteiger partial charge in [-0.05, 0) is 13.1 Å². The van der Waals surface area contributed by atoms with Crippen molar-refractivity contribution in [3.63, 3.8) is 0 Å². The van der Waals surface area contributed by atoms with Gasteiger partial charge >= 0.3 is 0 Å². The largest absolute Gasteiger partial charge is 0.317 e. The molecule has 0 spiro atoms. The van der Waals surface area contributed by atoms with Gasteiger partial charge in [-0.25, -0.2) is 0 Å². The zero-order valence-electron chi connectivity index (χ0n) is 7.04. The summed E-state index contributed by atoms with van der Waals surface area (Å²) in [5.41, 5.74) is 0. The van der Waals surface area contributed by atoms with Crippen molar-refractivity contribution in [2.45, 2.75) is 13.8 Å². The molecule has 10 heavy (non-hydrogen) atoms. The highest BCUT2D eigenvalue weighted by molar-refractivity contribution is 4.55. The van der Waals surface area contributed by atoms with E-state index in [1.807, 2.05) is 0 Å². The van der Waals surface area contributed by atoms with E-state index < -0.39 is 0 Å². The van der Waals surface area contributed by atoms with Crippen LogP contribution in [0.25, 0.3) is 0 Å². The molecule has 3 N–H and O–H groups in total. The molecule has 0 aromatic heterocycles. The van der Waals surface area contributed by atoms with Gasteiger partial charge in [-0.3, -0.25) is 0 Å². The zero-order chi connectivity index (χ0) is 7.66. The van der Waals surface area contributed by atoms with Gasteiger partial charge in [-0.1, -0.05) is 13.8 Å². The summed E-state index contributed by atoms with van der Waals surface area (Å²) in [7, 11) is 0. The van der Waals surface area contributed by atoms with Crippen molar-refractivity contribution >= 4 is 0 Å². The minimum atomic E-state index is 1.00. The third kappa shape index (κ3) is 7.88. The van der Waals surface area contributed by atoms with E-state index in [9.17, 15) is 0 Å². The molecule has 0 radical (unpaired) electrons. The fourth-order valence-electron chi connectivity index (χ4n) is 0.692. The molecule has 1 fully saturated rings. The summed E-state index contributed by atoms with van der Waals surface area (Å²) >= 11 is 0. The van der Waals surface area contributed by atoms with E-state index in [0.29, 0.717) is 0 Å². The quantitative estimate of drug-likeness (QED) is 0.501. The highest BCUT2D eigenvalue weighted by Gasteiger charge is 1.90. The molecule has 0 aliphatic carbocycles. The Bertz CT molecular complexity index is 43.2. The van der Waals surface area contributed by atoms with Crippen LogP contribution in [0.3, 0.4) is 0 Å². The highest BCUT2D eigenvalue weighted by Crippen LogP contribution is 1.62. The van der Waals surface area contributed by atoms with Gasteiger partial charge in [0.15, 0.2) is 0 Å². The van der Waals surface area contributed by atoms with Crippen LogP contribution in [0.4, 0.5) is 0 Å². The molecule has 1 aliphatic rings. The molecule has 0 amide bonds. The van der Waals surface area contributed by atoms with E-state index in [2.05, 4.69) is 29.8 Å². The number of hydrogen-bond donors (Lipinski definition) is 3. The molecule has 0 aromatic carbocycles. The first kappa shape index (κ1) is 9.88. The normalized spacial score (nSPS) is 16.2. The number of rotatable bonds is 2. The third-order valence-electron chi connectivity index (χ3n) is 1.23. The average Bonchev–Trinajstić information content (AvgIpc) is 2.44. The molecule has 1 saturated heterocycles. The fourth-order valence-corrected chi connectivity index (χ4v) is 0.692. The van der Waals surface area contributed by atoms with Gasteiger partial charge in [0.2, 0.25) is 0 Å². The minimum absolute atomic E-state index is 1.00. The zero-order valence-corrected chi connectivity index (χ0v) is 7.04. The summed E-state index contributed by atoms with van der Waals surface area (Å²) < 4.78 is 0. The topological polar surface area (TPSA) is 36.1 Å². The summed E-state index contributed by atoms with van der Waals surface area (Å²) in [5, 5.41) is 9.33. The third-order valence-corrected chi connectivity index (χ3v) is 1.23. The fraction of sp³-hybridized carbons (Fsp3) is 1.00. The van der Waals surface area contributed by atoms with Gasteiger partial charge < -0.3 is 16.0 Å². The molecule has 3 heteroatoms. The Hall–Kier alpha value is -0.120. The van der Waals surface area contributed by atoms with Crippen LogP contribution in [0.1, 0.15) is 13.8 Å². The van der Waals surface area contributed by atoms with Crippen LogP contribution >= 0.6 is 0 Å². The molecule has 1 heterocycles. The van der Waals surface area contributed by atoms with Crippen LogP contribution < -0.4 is 16.0 Å². The van der Waals surface area contributed by atoms with Gasteiger partial charge in [0, 0.05) is 19.8 Å². The first-order valence-corrected chi connectivity index (χ1v) is 4.04. The van der Waals surface area contributed by atoms with Crippen LogP contribution in [-0.2, 0) is 0 Å². The van der Waals surface area contributed by atoms with Crippen LogP contribution in [0.15, 0.2) is 0 Å². The Morgan fingerprint density at radius 3 is 1.70 bits per heavy atom. The van der Waals surface area contributed by atoms with Crippen LogP contribution in [0.5, 0.6) is 0 Å². The molecular weight excluding hydrogens is 126 g/mol. The lowest BCUT2D eigenvalue weighted by Crippen LogP contribution is -2.11. The smallest absolute Gasteiger partial charge is 0.0455 e. The first-order valence-electron chi connectivity index (χ1n) is 4.04. The summed E-state index contributed by atoms with van der Waals surface area (Å²) in [5.74, 6) is 0. The Labute approximate surface area is 63.6 Å². The van der Waals surface area contributed by atoms with Crippen molar-refractivity contribution in [3.8, 4) is 0 Å². The van der Waals surface area contributed by atoms with Gasteiger partial charge in [0.1, 0.15) is 0 Å². The van der Waals surface area contributed by atoms with E-state index in [4.69, 9.17) is 0 Å². The monoisotopic (exact) mass is 145 g/mol. The molecule has 0 bridgehead atoms. The standard InChI is InChI=1S/C4H11N.C3H8N2/c1-3-5-4-2;1-2-5-3-4-1/h5H,3-4H2,1-2H3;4-5H,1-3H2. The molecule has 62 valence electrons. The lowest BCUT2D eigenvalue weighted by atomic mass is 10.7. The second kappa shape index (κ2) is 8.88. The van der Waals surface area contributed by atoms with Gasteiger partial charge in [0.25, 0.3) is 0 Å². The minimum Gasteiger partial charge on any atom is -0.317 e.